The third kappa shape index (κ3) is 2.49. The van der Waals surface area contributed by atoms with Gasteiger partial charge in [-0.05, 0) is 25.3 Å². The van der Waals surface area contributed by atoms with Crippen molar-refractivity contribution in [2.75, 3.05) is 0 Å². The number of aliphatic carboxylic acids is 1. The van der Waals surface area contributed by atoms with Gasteiger partial charge in [0.05, 0.1) is 10.4 Å². The molecule has 1 aliphatic rings. The lowest BCUT2D eigenvalue weighted by Crippen LogP contribution is -2.50. The summed E-state index contributed by atoms with van der Waals surface area (Å²) in [5.74, 6) is -1.82. The number of carbonyl (C=O) groups excluding carboxylic acids is 1. The van der Waals surface area contributed by atoms with E-state index in [1.54, 1.807) is 0 Å². The first-order chi connectivity index (χ1) is 11.3. The molecule has 9 heteroatoms. The SMILES string of the molecule is NC(=O)c1cc(OC2(C(=O)O)CCC2)c2ccc([N+](=O)[O-])cc2n1. The predicted molar refractivity (Wildman–Crippen MR) is 81.8 cm³/mol. The number of fused-ring (bicyclic) bond motifs is 1. The zero-order chi connectivity index (χ0) is 17.5. The van der Waals surface area contributed by atoms with Crippen LogP contribution in [0.1, 0.15) is 29.8 Å². The van der Waals surface area contributed by atoms with Crippen molar-refractivity contribution in [3.63, 3.8) is 0 Å². The zero-order valence-corrected chi connectivity index (χ0v) is 12.4. The maximum atomic E-state index is 11.5. The minimum absolute atomic E-state index is 0.116. The van der Waals surface area contributed by atoms with Gasteiger partial charge in [0.1, 0.15) is 11.4 Å². The highest BCUT2D eigenvalue weighted by Crippen LogP contribution is 2.39. The predicted octanol–water partition coefficient (Wildman–Crippen LogP) is 1.63. The molecule has 1 aromatic carbocycles. The van der Waals surface area contributed by atoms with E-state index in [1.165, 1.54) is 24.3 Å². The largest absolute Gasteiger partial charge is 0.478 e. The fraction of sp³-hybridized carbons (Fsp3) is 0.267. The van der Waals surface area contributed by atoms with Crippen LogP contribution in [0, 0.1) is 10.1 Å². The van der Waals surface area contributed by atoms with E-state index in [4.69, 9.17) is 10.5 Å². The van der Waals surface area contributed by atoms with Crippen LogP contribution in [0.25, 0.3) is 10.9 Å². The number of benzene rings is 1. The topological polar surface area (TPSA) is 146 Å². The van der Waals surface area contributed by atoms with Crippen LogP contribution in [0.5, 0.6) is 5.75 Å². The Labute approximate surface area is 135 Å². The minimum atomic E-state index is -1.36. The Morgan fingerprint density at radius 1 is 1.33 bits per heavy atom. The number of nitrogens with two attached hydrogens (primary N) is 1. The van der Waals surface area contributed by atoms with Crippen molar-refractivity contribution in [3.05, 3.63) is 40.1 Å². The van der Waals surface area contributed by atoms with Crippen LogP contribution < -0.4 is 10.5 Å². The van der Waals surface area contributed by atoms with E-state index in [9.17, 15) is 24.8 Å². The molecule has 1 heterocycles. The van der Waals surface area contributed by atoms with Crippen LogP contribution in [0.4, 0.5) is 5.69 Å². The molecule has 9 nitrogen and oxygen atoms in total. The average molecular weight is 331 g/mol. The van der Waals surface area contributed by atoms with E-state index < -0.39 is 22.4 Å². The Morgan fingerprint density at radius 2 is 2.04 bits per heavy atom. The molecule has 0 aliphatic heterocycles. The third-order valence-corrected chi connectivity index (χ3v) is 4.08. The summed E-state index contributed by atoms with van der Waals surface area (Å²) in [6.07, 6.45) is 1.39. The number of carboxylic acids is 1. The molecule has 2 aromatic rings. The maximum absolute atomic E-state index is 11.5. The highest BCUT2D eigenvalue weighted by molar-refractivity contribution is 5.96. The third-order valence-electron chi connectivity index (χ3n) is 4.08. The van der Waals surface area contributed by atoms with Crippen molar-refractivity contribution in [3.8, 4) is 5.75 Å². The zero-order valence-electron chi connectivity index (χ0n) is 12.4. The molecule has 24 heavy (non-hydrogen) atoms. The molecule has 0 saturated heterocycles. The summed E-state index contributed by atoms with van der Waals surface area (Å²) in [4.78, 5) is 37.2. The number of rotatable bonds is 5. The Kier molecular flexibility index (Phi) is 3.55. The standard InChI is InChI=1S/C15H13N3O6/c16-13(19)11-7-12(24-15(14(20)21)4-1-5-15)9-3-2-8(18(22)23)6-10(9)17-11/h2-3,6-7H,1,4-5H2,(H2,16,19)(H,20,21). The number of non-ortho nitro benzene ring substituents is 1. The van der Waals surface area contributed by atoms with Gasteiger partial charge in [-0.25, -0.2) is 9.78 Å². The van der Waals surface area contributed by atoms with Gasteiger partial charge in [-0.1, -0.05) is 0 Å². The number of hydrogen-bond acceptors (Lipinski definition) is 6. The van der Waals surface area contributed by atoms with Crippen molar-refractivity contribution in [1.82, 2.24) is 4.98 Å². The number of pyridine rings is 1. The molecule has 3 N–H and O–H groups in total. The first-order valence-electron chi connectivity index (χ1n) is 7.14. The molecule has 1 aliphatic carbocycles. The number of ether oxygens (including phenoxy) is 1. The van der Waals surface area contributed by atoms with E-state index in [1.807, 2.05) is 0 Å². The minimum Gasteiger partial charge on any atom is -0.478 e. The average Bonchev–Trinajstić information content (AvgIpc) is 2.49. The number of hydrogen-bond donors (Lipinski definition) is 2. The first kappa shape index (κ1) is 15.7. The Balaban J connectivity index is 2.16. The van der Waals surface area contributed by atoms with E-state index in [0.717, 1.165) is 0 Å². The fourth-order valence-corrected chi connectivity index (χ4v) is 2.58. The number of nitro benzene ring substituents is 1. The smallest absolute Gasteiger partial charge is 0.348 e. The van der Waals surface area contributed by atoms with Gasteiger partial charge < -0.3 is 15.6 Å². The number of carbonyl (C=O) groups is 2. The highest BCUT2D eigenvalue weighted by Gasteiger charge is 2.47. The molecule has 0 unspecified atom stereocenters. The monoisotopic (exact) mass is 331 g/mol. The fourth-order valence-electron chi connectivity index (χ4n) is 2.58. The summed E-state index contributed by atoms with van der Waals surface area (Å²) in [6.45, 7) is 0. The molecule has 0 bridgehead atoms. The van der Waals surface area contributed by atoms with Gasteiger partial charge in [0.25, 0.3) is 11.6 Å². The van der Waals surface area contributed by atoms with Crippen LogP contribution in [-0.4, -0.2) is 32.5 Å². The van der Waals surface area contributed by atoms with Gasteiger partial charge in [-0.15, -0.1) is 0 Å². The van der Waals surface area contributed by atoms with Crippen LogP contribution in [0.2, 0.25) is 0 Å². The van der Waals surface area contributed by atoms with Gasteiger partial charge in [-0.2, -0.15) is 0 Å². The molecule has 1 fully saturated rings. The second-order valence-corrected chi connectivity index (χ2v) is 5.58. The van der Waals surface area contributed by atoms with Gasteiger partial charge in [0, 0.05) is 23.6 Å². The van der Waals surface area contributed by atoms with Crippen LogP contribution in [0.15, 0.2) is 24.3 Å². The molecule has 1 saturated carbocycles. The van der Waals surface area contributed by atoms with E-state index >= 15 is 0 Å². The van der Waals surface area contributed by atoms with Gasteiger partial charge in [0.15, 0.2) is 0 Å². The van der Waals surface area contributed by atoms with Gasteiger partial charge in [-0.3, -0.25) is 14.9 Å². The first-order valence-corrected chi connectivity index (χ1v) is 7.14. The number of amides is 1. The molecule has 0 spiro atoms. The van der Waals surface area contributed by atoms with Crippen molar-refractivity contribution in [2.45, 2.75) is 24.9 Å². The van der Waals surface area contributed by atoms with Gasteiger partial charge >= 0.3 is 5.97 Å². The van der Waals surface area contributed by atoms with Crippen molar-refractivity contribution in [1.29, 1.82) is 0 Å². The normalized spacial score (nSPS) is 15.5. The summed E-state index contributed by atoms with van der Waals surface area (Å²) < 4.78 is 5.69. The number of nitro groups is 1. The van der Waals surface area contributed by atoms with Crippen LogP contribution in [-0.2, 0) is 4.79 Å². The van der Waals surface area contributed by atoms with E-state index in [0.29, 0.717) is 24.6 Å². The molecular weight excluding hydrogens is 318 g/mol. The summed E-state index contributed by atoms with van der Waals surface area (Å²) in [7, 11) is 0. The number of aromatic nitrogens is 1. The van der Waals surface area contributed by atoms with Crippen LogP contribution in [0.3, 0.4) is 0 Å². The summed E-state index contributed by atoms with van der Waals surface area (Å²) in [6, 6.07) is 5.12. The Hall–Kier alpha value is -3.23. The molecule has 1 aromatic heterocycles. The molecule has 0 atom stereocenters. The van der Waals surface area contributed by atoms with Crippen molar-refractivity contribution >= 4 is 28.5 Å². The molecule has 124 valence electrons. The molecule has 1 amide bonds. The number of nitrogens with zero attached hydrogens (tertiary/aromatic N) is 2. The quantitative estimate of drug-likeness (QED) is 0.625. The number of carboxylic acid groups (broad SMARTS) is 1. The second-order valence-electron chi connectivity index (χ2n) is 5.58. The lowest BCUT2D eigenvalue weighted by molar-refractivity contribution is -0.384. The lowest BCUT2D eigenvalue weighted by Gasteiger charge is -2.37. The van der Waals surface area contributed by atoms with Gasteiger partial charge in [0.2, 0.25) is 5.60 Å². The van der Waals surface area contributed by atoms with E-state index in [-0.39, 0.29) is 22.6 Å². The summed E-state index contributed by atoms with van der Waals surface area (Å²) in [5.41, 5.74) is 3.65. The lowest BCUT2D eigenvalue weighted by atomic mass is 9.80. The van der Waals surface area contributed by atoms with Crippen molar-refractivity contribution < 1.29 is 24.4 Å². The maximum Gasteiger partial charge on any atom is 0.348 e. The molecular formula is C15H13N3O6. The van der Waals surface area contributed by atoms with Crippen molar-refractivity contribution in [2.24, 2.45) is 5.73 Å². The molecule has 3 rings (SSSR count). The number of primary amides is 1. The highest BCUT2D eigenvalue weighted by atomic mass is 16.6. The summed E-state index contributed by atoms with van der Waals surface area (Å²) >= 11 is 0. The Bertz CT molecular complexity index is 870. The van der Waals surface area contributed by atoms with E-state index in [2.05, 4.69) is 4.98 Å². The second kappa shape index (κ2) is 5.44. The summed E-state index contributed by atoms with van der Waals surface area (Å²) in [5, 5.41) is 20.7. The molecule has 0 radical (unpaired) electrons. The Morgan fingerprint density at radius 3 is 2.54 bits per heavy atom. The van der Waals surface area contributed by atoms with Crippen LogP contribution >= 0.6 is 0 Å².